The van der Waals surface area contributed by atoms with E-state index in [9.17, 15) is 5.11 Å². The van der Waals surface area contributed by atoms with Gasteiger partial charge in [-0.2, -0.15) is 0 Å². The summed E-state index contributed by atoms with van der Waals surface area (Å²) in [6.07, 6.45) is 2.35. The van der Waals surface area contributed by atoms with Gasteiger partial charge in [-0.15, -0.1) is 0 Å². The first kappa shape index (κ1) is 9.59. The Hall–Kier alpha value is -0.500. The van der Waals surface area contributed by atoms with Crippen molar-refractivity contribution in [3.8, 4) is 0 Å². The average molecular weight is 169 g/mol. The monoisotopic (exact) mass is 169 g/mol. The largest absolute Gasteiger partial charge is 0.512 e. The summed E-state index contributed by atoms with van der Waals surface area (Å²) in [6, 6.07) is 0. The number of hydrogen-bond donors (Lipinski definition) is 1. The Morgan fingerprint density at radius 2 is 2.08 bits per heavy atom. The van der Waals surface area contributed by atoms with Crippen LogP contribution in [0.5, 0.6) is 0 Å². The first-order chi connectivity index (χ1) is 5.61. The van der Waals surface area contributed by atoms with E-state index in [1.807, 2.05) is 13.8 Å². The van der Waals surface area contributed by atoms with Crippen LogP contribution in [0.2, 0.25) is 0 Å². The van der Waals surface area contributed by atoms with E-state index < -0.39 is 0 Å². The maximum Gasteiger partial charge on any atom is 0.0952 e. The third-order valence-electron chi connectivity index (χ3n) is 2.52. The fraction of sp³-hybridized carbons (Fsp3) is 0.800. The van der Waals surface area contributed by atoms with Gasteiger partial charge in [0.15, 0.2) is 0 Å². The molecule has 1 atom stereocenters. The molecule has 1 aliphatic heterocycles. The molecule has 0 bridgehead atoms. The summed E-state index contributed by atoms with van der Waals surface area (Å²) in [5.41, 5.74) is 1.07. The molecule has 1 saturated heterocycles. The summed E-state index contributed by atoms with van der Waals surface area (Å²) in [7, 11) is 2.12. The lowest BCUT2D eigenvalue weighted by molar-refractivity contribution is 0.187. The highest BCUT2D eigenvalue weighted by Gasteiger charge is 2.20. The van der Waals surface area contributed by atoms with Crippen molar-refractivity contribution in [1.82, 2.24) is 4.90 Å². The minimum Gasteiger partial charge on any atom is -0.512 e. The number of rotatable bonds is 1. The Balaban J connectivity index is 2.57. The van der Waals surface area contributed by atoms with Crippen molar-refractivity contribution in [2.24, 2.45) is 5.92 Å². The van der Waals surface area contributed by atoms with Gasteiger partial charge in [0.1, 0.15) is 0 Å². The number of piperidine rings is 1. The Morgan fingerprint density at radius 3 is 2.58 bits per heavy atom. The van der Waals surface area contributed by atoms with Crippen molar-refractivity contribution in [2.75, 3.05) is 20.1 Å². The second-order valence-corrected chi connectivity index (χ2v) is 3.99. The predicted octanol–water partition coefficient (Wildman–Crippen LogP) is 2.18. The molecule has 2 nitrogen and oxygen atoms in total. The predicted molar refractivity (Wildman–Crippen MR) is 51.2 cm³/mol. The highest BCUT2D eigenvalue weighted by atomic mass is 16.3. The van der Waals surface area contributed by atoms with Crippen molar-refractivity contribution in [3.63, 3.8) is 0 Å². The van der Waals surface area contributed by atoms with Crippen LogP contribution in [0.3, 0.4) is 0 Å². The number of allylic oxidation sites excluding steroid dienone is 1. The third-order valence-corrected chi connectivity index (χ3v) is 2.52. The SMILES string of the molecule is CC(C)=C(O)C1CCCN(C)C1. The van der Waals surface area contributed by atoms with Crippen LogP contribution < -0.4 is 0 Å². The molecule has 1 rings (SSSR count). The highest BCUT2D eigenvalue weighted by Crippen LogP contribution is 2.22. The molecule has 2 heteroatoms. The van der Waals surface area contributed by atoms with E-state index >= 15 is 0 Å². The van der Waals surface area contributed by atoms with Gasteiger partial charge in [-0.1, -0.05) is 0 Å². The van der Waals surface area contributed by atoms with Crippen LogP contribution in [0.4, 0.5) is 0 Å². The second-order valence-electron chi connectivity index (χ2n) is 3.99. The molecule has 0 spiro atoms. The molecule has 0 saturated carbocycles. The Kier molecular flexibility index (Phi) is 3.15. The molecule has 1 unspecified atom stereocenters. The fourth-order valence-corrected chi connectivity index (χ4v) is 1.80. The van der Waals surface area contributed by atoms with E-state index in [-0.39, 0.29) is 0 Å². The highest BCUT2D eigenvalue weighted by molar-refractivity contribution is 5.06. The summed E-state index contributed by atoms with van der Waals surface area (Å²) >= 11 is 0. The Morgan fingerprint density at radius 1 is 1.42 bits per heavy atom. The van der Waals surface area contributed by atoms with Gasteiger partial charge >= 0.3 is 0 Å². The molecule has 0 aromatic heterocycles. The topological polar surface area (TPSA) is 23.5 Å². The zero-order chi connectivity index (χ0) is 9.14. The molecule has 0 aliphatic carbocycles. The molecular weight excluding hydrogens is 150 g/mol. The van der Waals surface area contributed by atoms with Crippen molar-refractivity contribution < 1.29 is 5.11 Å². The fourth-order valence-electron chi connectivity index (χ4n) is 1.80. The molecule has 0 aromatic carbocycles. The van der Waals surface area contributed by atoms with Crippen LogP contribution in [-0.2, 0) is 0 Å². The number of aliphatic hydroxyl groups is 1. The summed E-state index contributed by atoms with van der Waals surface area (Å²) in [6.45, 7) is 6.14. The maximum absolute atomic E-state index is 9.72. The lowest BCUT2D eigenvalue weighted by Crippen LogP contribution is -2.33. The molecular formula is C10H19NO. The van der Waals surface area contributed by atoms with Crippen LogP contribution in [0.15, 0.2) is 11.3 Å². The van der Waals surface area contributed by atoms with E-state index in [0.717, 1.165) is 18.5 Å². The minimum absolute atomic E-state index is 0.383. The molecule has 1 fully saturated rings. The van der Waals surface area contributed by atoms with Crippen LogP contribution in [-0.4, -0.2) is 30.1 Å². The van der Waals surface area contributed by atoms with E-state index in [1.54, 1.807) is 0 Å². The Bertz CT molecular complexity index is 182. The van der Waals surface area contributed by atoms with Crippen LogP contribution in [0.25, 0.3) is 0 Å². The quantitative estimate of drug-likeness (QED) is 0.608. The van der Waals surface area contributed by atoms with Gasteiger partial charge in [-0.3, -0.25) is 0 Å². The van der Waals surface area contributed by atoms with Gasteiger partial charge in [0.05, 0.1) is 5.76 Å². The number of nitrogens with zero attached hydrogens (tertiary/aromatic N) is 1. The standard InChI is InChI=1S/C10H19NO/c1-8(2)10(12)9-5-4-6-11(3)7-9/h9,12H,4-7H2,1-3H3. The molecule has 1 N–H and O–H groups in total. The van der Waals surface area contributed by atoms with Crippen LogP contribution in [0, 0.1) is 5.92 Å². The lowest BCUT2D eigenvalue weighted by Gasteiger charge is -2.29. The number of likely N-dealkylation sites (tertiary alicyclic amines) is 1. The average Bonchev–Trinajstić information content (AvgIpc) is 2.03. The maximum atomic E-state index is 9.72. The first-order valence-corrected chi connectivity index (χ1v) is 4.66. The van der Waals surface area contributed by atoms with E-state index in [4.69, 9.17) is 0 Å². The molecule has 1 heterocycles. The van der Waals surface area contributed by atoms with Crippen molar-refractivity contribution >= 4 is 0 Å². The van der Waals surface area contributed by atoms with Gasteiger partial charge in [0, 0.05) is 12.5 Å². The molecule has 0 aromatic rings. The Labute approximate surface area is 74.9 Å². The van der Waals surface area contributed by atoms with Crippen LogP contribution in [0.1, 0.15) is 26.7 Å². The summed E-state index contributed by atoms with van der Waals surface area (Å²) in [5.74, 6) is 0.996. The van der Waals surface area contributed by atoms with Gasteiger partial charge < -0.3 is 10.0 Å². The third kappa shape index (κ3) is 2.24. The smallest absolute Gasteiger partial charge is 0.0952 e. The van der Waals surface area contributed by atoms with Gasteiger partial charge in [0.2, 0.25) is 0 Å². The minimum atomic E-state index is 0.383. The van der Waals surface area contributed by atoms with Gasteiger partial charge in [-0.25, -0.2) is 0 Å². The lowest BCUT2D eigenvalue weighted by atomic mass is 9.94. The zero-order valence-corrected chi connectivity index (χ0v) is 8.30. The van der Waals surface area contributed by atoms with E-state index in [1.165, 1.54) is 13.0 Å². The molecule has 12 heavy (non-hydrogen) atoms. The molecule has 70 valence electrons. The number of aliphatic hydroxyl groups excluding tert-OH is 1. The second kappa shape index (κ2) is 3.94. The van der Waals surface area contributed by atoms with E-state index in [2.05, 4.69) is 11.9 Å². The first-order valence-electron chi connectivity index (χ1n) is 4.66. The van der Waals surface area contributed by atoms with Crippen molar-refractivity contribution in [3.05, 3.63) is 11.3 Å². The summed E-state index contributed by atoms with van der Waals surface area (Å²) in [5, 5.41) is 9.72. The molecule has 0 amide bonds. The zero-order valence-electron chi connectivity index (χ0n) is 8.30. The van der Waals surface area contributed by atoms with Crippen molar-refractivity contribution in [1.29, 1.82) is 0 Å². The normalized spacial score (nSPS) is 25.4. The summed E-state index contributed by atoms with van der Waals surface area (Å²) in [4.78, 5) is 2.29. The number of hydrogen-bond acceptors (Lipinski definition) is 2. The van der Waals surface area contributed by atoms with Gasteiger partial charge in [0.25, 0.3) is 0 Å². The summed E-state index contributed by atoms with van der Waals surface area (Å²) < 4.78 is 0. The molecule has 1 aliphatic rings. The molecule has 0 radical (unpaired) electrons. The van der Waals surface area contributed by atoms with Crippen molar-refractivity contribution in [2.45, 2.75) is 26.7 Å². The van der Waals surface area contributed by atoms with Gasteiger partial charge in [-0.05, 0) is 45.9 Å². The van der Waals surface area contributed by atoms with E-state index in [0.29, 0.717) is 11.7 Å². The van der Waals surface area contributed by atoms with Crippen LogP contribution >= 0.6 is 0 Å².